The van der Waals surface area contributed by atoms with Crippen molar-refractivity contribution in [1.29, 1.82) is 0 Å². The average molecular weight is 499 g/mol. The van der Waals surface area contributed by atoms with Crippen LogP contribution in [0.15, 0.2) is 72.9 Å². The highest BCUT2D eigenvalue weighted by atomic mass is 35.5. The summed E-state index contributed by atoms with van der Waals surface area (Å²) in [5, 5.41) is 7.95. The van der Waals surface area contributed by atoms with Crippen molar-refractivity contribution < 1.29 is 9.53 Å². The van der Waals surface area contributed by atoms with E-state index in [2.05, 4.69) is 32.7 Å². The molecule has 1 aliphatic heterocycles. The number of piperazine rings is 1. The minimum atomic E-state index is -0.633. The third kappa shape index (κ3) is 6.14. The van der Waals surface area contributed by atoms with E-state index in [1.54, 1.807) is 25.3 Å². The van der Waals surface area contributed by atoms with Gasteiger partial charge in [-0.2, -0.15) is 0 Å². The van der Waals surface area contributed by atoms with E-state index in [-0.39, 0.29) is 18.6 Å². The third-order valence-electron chi connectivity index (χ3n) is 5.86. The quantitative estimate of drug-likeness (QED) is 0.454. The summed E-state index contributed by atoms with van der Waals surface area (Å²) in [7, 11) is 0. The molecule has 3 unspecified atom stereocenters. The number of halogens is 2. The second kappa shape index (κ2) is 11.8. The van der Waals surface area contributed by atoms with E-state index in [1.807, 2.05) is 42.5 Å². The van der Waals surface area contributed by atoms with Gasteiger partial charge in [-0.05, 0) is 42.3 Å². The van der Waals surface area contributed by atoms with Gasteiger partial charge in [0.05, 0.1) is 22.8 Å². The second-order valence-electron chi connectivity index (χ2n) is 8.23. The summed E-state index contributed by atoms with van der Waals surface area (Å²) < 4.78 is 5.98. The number of ether oxygens (including phenoxy) is 1. The molecule has 178 valence electrons. The normalized spacial score (nSPS) is 19.1. The van der Waals surface area contributed by atoms with Crippen molar-refractivity contribution in [2.24, 2.45) is 0 Å². The van der Waals surface area contributed by atoms with Gasteiger partial charge in [-0.3, -0.25) is 15.4 Å². The predicted octanol–water partition coefficient (Wildman–Crippen LogP) is 4.46. The molecule has 0 aliphatic carbocycles. The van der Waals surface area contributed by atoms with Crippen molar-refractivity contribution in [3.8, 4) is 0 Å². The fourth-order valence-electron chi connectivity index (χ4n) is 4.05. The smallest absolute Gasteiger partial charge is 0.186 e. The van der Waals surface area contributed by atoms with E-state index < -0.39 is 12.1 Å². The van der Waals surface area contributed by atoms with Crippen LogP contribution >= 0.6 is 23.2 Å². The van der Waals surface area contributed by atoms with Gasteiger partial charge >= 0.3 is 0 Å². The summed E-state index contributed by atoms with van der Waals surface area (Å²) in [6.07, 6.45) is 0.848. The van der Waals surface area contributed by atoms with E-state index in [1.165, 1.54) is 0 Å². The molecule has 2 heterocycles. The molecule has 0 amide bonds. The molecular formula is C26H28Cl2N4O2. The van der Waals surface area contributed by atoms with Crippen molar-refractivity contribution in [3.63, 3.8) is 0 Å². The van der Waals surface area contributed by atoms with Crippen LogP contribution in [-0.4, -0.2) is 42.2 Å². The standard InChI is InChI=1S/C26H28Cl2N4O2/c1-18(34-17-20-10-11-21(27)22(28)15-20)25(33)24-26(31-16-19-7-3-2-4-8-19)30-13-14-32(24)23-9-5-6-12-29-23/h2-12,15,18,24,26,30-31H,13-14,16-17H2,1H3. The molecule has 2 N–H and O–H groups in total. The van der Waals surface area contributed by atoms with Crippen molar-refractivity contribution in [2.45, 2.75) is 38.4 Å². The number of hydrogen-bond acceptors (Lipinski definition) is 6. The number of benzene rings is 2. The fraction of sp³-hybridized carbons (Fsp3) is 0.308. The molecular weight excluding hydrogens is 471 g/mol. The Morgan fingerprint density at radius 3 is 2.65 bits per heavy atom. The molecule has 1 aliphatic rings. The molecule has 1 saturated heterocycles. The van der Waals surface area contributed by atoms with Crippen LogP contribution in [0.3, 0.4) is 0 Å². The fourth-order valence-corrected chi connectivity index (χ4v) is 4.37. The molecule has 0 saturated carbocycles. The van der Waals surface area contributed by atoms with E-state index in [0.717, 1.165) is 23.5 Å². The number of ketones is 1. The molecule has 0 spiro atoms. The van der Waals surface area contributed by atoms with Crippen LogP contribution in [0.2, 0.25) is 10.0 Å². The molecule has 3 aromatic rings. The van der Waals surface area contributed by atoms with Gasteiger partial charge in [0, 0.05) is 25.8 Å². The Labute approximate surface area is 210 Å². The Hall–Kier alpha value is -2.48. The number of carbonyl (C=O) groups is 1. The number of nitrogens with one attached hydrogen (secondary N) is 2. The highest BCUT2D eigenvalue weighted by Gasteiger charge is 2.39. The maximum absolute atomic E-state index is 13.7. The van der Waals surface area contributed by atoms with Crippen LogP contribution < -0.4 is 15.5 Å². The maximum atomic E-state index is 13.7. The summed E-state index contributed by atoms with van der Waals surface area (Å²) in [6, 6.07) is 20.7. The number of nitrogens with zero attached hydrogens (tertiary/aromatic N) is 2. The second-order valence-corrected chi connectivity index (χ2v) is 9.04. The molecule has 3 atom stereocenters. The summed E-state index contributed by atoms with van der Waals surface area (Å²) in [4.78, 5) is 20.3. The summed E-state index contributed by atoms with van der Waals surface area (Å²) >= 11 is 12.1. The molecule has 0 bridgehead atoms. The van der Waals surface area contributed by atoms with Crippen molar-refractivity contribution >= 4 is 34.8 Å². The lowest BCUT2D eigenvalue weighted by Crippen LogP contribution is -2.67. The van der Waals surface area contributed by atoms with Crippen LogP contribution in [0, 0.1) is 0 Å². The Bertz CT molecular complexity index is 1080. The molecule has 0 radical (unpaired) electrons. The van der Waals surface area contributed by atoms with Gasteiger partial charge in [0.15, 0.2) is 5.78 Å². The van der Waals surface area contributed by atoms with Gasteiger partial charge in [0.2, 0.25) is 0 Å². The number of pyridine rings is 1. The molecule has 8 heteroatoms. The van der Waals surface area contributed by atoms with Gasteiger partial charge in [-0.1, -0.05) is 65.7 Å². The zero-order valence-corrected chi connectivity index (χ0v) is 20.5. The number of aromatic nitrogens is 1. The summed E-state index contributed by atoms with van der Waals surface area (Å²) in [5.41, 5.74) is 2.01. The highest BCUT2D eigenvalue weighted by molar-refractivity contribution is 6.42. The van der Waals surface area contributed by atoms with E-state index in [0.29, 0.717) is 23.1 Å². The lowest BCUT2D eigenvalue weighted by atomic mass is 10.00. The van der Waals surface area contributed by atoms with Crippen LogP contribution in [0.5, 0.6) is 0 Å². The molecule has 1 aromatic heterocycles. The first-order chi connectivity index (χ1) is 16.5. The topological polar surface area (TPSA) is 66.5 Å². The first-order valence-corrected chi connectivity index (χ1v) is 12.1. The van der Waals surface area contributed by atoms with Crippen LogP contribution in [0.25, 0.3) is 0 Å². The lowest BCUT2D eigenvalue weighted by molar-refractivity contribution is -0.132. The Morgan fingerprint density at radius 1 is 1.12 bits per heavy atom. The number of anilines is 1. The van der Waals surface area contributed by atoms with Crippen molar-refractivity contribution in [1.82, 2.24) is 15.6 Å². The van der Waals surface area contributed by atoms with E-state index >= 15 is 0 Å². The summed E-state index contributed by atoms with van der Waals surface area (Å²) in [5.74, 6) is 0.744. The lowest BCUT2D eigenvalue weighted by Gasteiger charge is -2.42. The Morgan fingerprint density at radius 2 is 1.91 bits per heavy atom. The van der Waals surface area contributed by atoms with Crippen LogP contribution in [-0.2, 0) is 22.7 Å². The van der Waals surface area contributed by atoms with Crippen LogP contribution in [0.4, 0.5) is 5.82 Å². The van der Waals surface area contributed by atoms with Gasteiger partial charge in [-0.15, -0.1) is 0 Å². The first-order valence-electron chi connectivity index (χ1n) is 11.3. The average Bonchev–Trinajstić information content (AvgIpc) is 2.88. The predicted molar refractivity (Wildman–Crippen MR) is 136 cm³/mol. The molecule has 6 nitrogen and oxygen atoms in total. The monoisotopic (exact) mass is 498 g/mol. The van der Waals surface area contributed by atoms with Gasteiger partial charge < -0.3 is 9.64 Å². The van der Waals surface area contributed by atoms with Crippen molar-refractivity contribution in [3.05, 3.63) is 94.1 Å². The Kier molecular flexibility index (Phi) is 8.53. The Balaban J connectivity index is 1.51. The van der Waals surface area contributed by atoms with Gasteiger partial charge in [-0.25, -0.2) is 4.98 Å². The molecule has 4 rings (SSSR count). The van der Waals surface area contributed by atoms with E-state index in [4.69, 9.17) is 27.9 Å². The molecule has 1 fully saturated rings. The number of carbonyl (C=O) groups excluding carboxylic acids is 1. The maximum Gasteiger partial charge on any atom is 0.186 e. The highest BCUT2D eigenvalue weighted by Crippen LogP contribution is 2.24. The first kappa shape index (κ1) is 24.6. The largest absolute Gasteiger partial charge is 0.366 e. The van der Waals surface area contributed by atoms with Gasteiger partial charge in [0.25, 0.3) is 0 Å². The third-order valence-corrected chi connectivity index (χ3v) is 6.60. The summed E-state index contributed by atoms with van der Waals surface area (Å²) in [6.45, 7) is 4.08. The van der Waals surface area contributed by atoms with E-state index in [9.17, 15) is 4.79 Å². The number of rotatable bonds is 9. The number of Topliss-reactive ketones (excluding diaryl/α,β-unsaturated/α-hetero) is 1. The minimum Gasteiger partial charge on any atom is -0.366 e. The zero-order chi connectivity index (χ0) is 23.9. The van der Waals surface area contributed by atoms with Crippen molar-refractivity contribution in [2.75, 3.05) is 18.0 Å². The SMILES string of the molecule is CC(OCc1ccc(Cl)c(Cl)c1)C(=O)C1C(NCc2ccccc2)NCCN1c1ccccn1. The van der Waals surface area contributed by atoms with Crippen LogP contribution in [0.1, 0.15) is 18.1 Å². The minimum absolute atomic E-state index is 0.0246. The molecule has 2 aromatic carbocycles. The zero-order valence-electron chi connectivity index (χ0n) is 19.0. The number of hydrogen-bond donors (Lipinski definition) is 2. The van der Waals surface area contributed by atoms with Gasteiger partial charge in [0.1, 0.15) is 18.0 Å². The molecule has 34 heavy (non-hydrogen) atoms.